The number of amides is 1. The number of hydrogen-bond donors (Lipinski definition) is 1. The number of carbonyl (C=O) groups is 1. The van der Waals surface area contributed by atoms with E-state index in [-0.39, 0.29) is 5.91 Å². The number of aromatic amines is 1. The summed E-state index contributed by atoms with van der Waals surface area (Å²) in [5.74, 6) is -0.00812. The molecule has 0 aliphatic heterocycles. The minimum absolute atomic E-state index is 0.00812. The summed E-state index contributed by atoms with van der Waals surface area (Å²) in [6.45, 7) is 6.60. The lowest BCUT2D eigenvalue weighted by atomic mass is 10.1. The number of rotatable bonds is 3. The third-order valence-electron chi connectivity index (χ3n) is 3.31. The normalized spacial score (nSPS) is 10.5. The van der Waals surface area contributed by atoms with Gasteiger partial charge in [0.05, 0.1) is 11.8 Å². The van der Waals surface area contributed by atoms with Crippen molar-refractivity contribution in [2.75, 3.05) is 7.05 Å². The van der Waals surface area contributed by atoms with Gasteiger partial charge >= 0.3 is 0 Å². The molecule has 4 heteroatoms. The third kappa shape index (κ3) is 2.84. The maximum absolute atomic E-state index is 12.3. The summed E-state index contributed by atoms with van der Waals surface area (Å²) in [4.78, 5) is 14.0. The zero-order chi connectivity index (χ0) is 14.0. The smallest absolute Gasteiger partial charge is 0.257 e. The predicted octanol–water partition coefficient (Wildman–Crippen LogP) is 2.61. The lowest BCUT2D eigenvalue weighted by Crippen LogP contribution is -2.26. The molecule has 0 spiro atoms. The van der Waals surface area contributed by atoms with Gasteiger partial charge in [0.15, 0.2) is 0 Å². The zero-order valence-corrected chi connectivity index (χ0v) is 11.8. The van der Waals surface area contributed by atoms with Crippen LogP contribution in [0, 0.1) is 20.8 Å². The first kappa shape index (κ1) is 13.3. The van der Waals surface area contributed by atoms with Gasteiger partial charge in [0.2, 0.25) is 0 Å². The lowest BCUT2D eigenvalue weighted by molar-refractivity contribution is 0.0784. The average Bonchev–Trinajstić information content (AvgIpc) is 2.78. The van der Waals surface area contributed by atoms with E-state index in [1.54, 1.807) is 11.1 Å². The molecule has 0 saturated carbocycles. The topological polar surface area (TPSA) is 49.0 Å². The van der Waals surface area contributed by atoms with Crippen LogP contribution >= 0.6 is 0 Å². The number of H-pyrrole nitrogens is 1. The van der Waals surface area contributed by atoms with E-state index in [0.29, 0.717) is 12.1 Å². The van der Waals surface area contributed by atoms with E-state index in [4.69, 9.17) is 0 Å². The summed E-state index contributed by atoms with van der Waals surface area (Å²) in [6.07, 6.45) is 1.58. The first-order valence-electron chi connectivity index (χ1n) is 6.30. The van der Waals surface area contributed by atoms with Gasteiger partial charge in [-0.1, -0.05) is 23.8 Å². The summed E-state index contributed by atoms with van der Waals surface area (Å²) < 4.78 is 0. The Morgan fingerprint density at radius 1 is 1.32 bits per heavy atom. The highest BCUT2D eigenvalue weighted by molar-refractivity contribution is 5.94. The van der Waals surface area contributed by atoms with E-state index in [1.165, 1.54) is 16.7 Å². The van der Waals surface area contributed by atoms with Crippen molar-refractivity contribution in [3.8, 4) is 0 Å². The fraction of sp³-hybridized carbons (Fsp3) is 0.333. The molecule has 1 heterocycles. The first-order chi connectivity index (χ1) is 8.99. The van der Waals surface area contributed by atoms with E-state index in [0.717, 1.165) is 5.69 Å². The number of nitrogens with one attached hydrogen (secondary N) is 1. The van der Waals surface area contributed by atoms with Crippen molar-refractivity contribution in [1.29, 1.82) is 0 Å². The summed E-state index contributed by atoms with van der Waals surface area (Å²) >= 11 is 0. The molecule has 19 heavy (non-hydrogen) atoms. The maximum Gasteiger partial charge on any atom is 0.257 e. The molecule has 0 saturated heterocycles. The Bertz CT molecular complexity index is 601. The molecule has 1 aromatic carbocycles. The maximum atomic E-state index is 12.3. The van der Waals surface area contributed by atoms with Crippen LogP contribution in [0.2, 0.25) is 0 Å². The molecule has 100 valence electrons. The summed E-state index contributed by atoms with van der Waals surface area (Å²) in [5.41, 5.74) is 5.05. The Hall–Kier alpha value is -2.10. The summed E-state index contributed by atoms with van der Waals surface area (Å²) in [5, 5.41) is 6.68. The van der Waals surface area contributed by atoms with Gasteiger partial charge in [-0.3, -0.25) is 9.89 Å². The van der Waals surface area contributed by atoms with E-state index in [9.17, 15) is 4.79 Å². The monoisotopic (exact) mass is 257 g/mol. The minimum Gasteiger partial charge on any atom is -0.337 e. The molecule has 0 aliphatic carbocycles. The van der Waals surface area contributed by atoms with Gasteiger partial charge < -0.3 is 4.90 Å². The predicted molar refractivity (Wildman–Crippen MR) is 75.0 cm³/mol. The Morgan fingerprint density at radius 3 is 2.63 bits per heavy atom. The second kappa shape index (κ2) is 5.26. The van der Waals surface area contributed by atoms with Crippen molar-refractivity contribution >= 4 is 5.91 Å². The largest absolute Gasteiger partial charge is 0.337 e. The number of aromatic nitrogens is 2. The highest BCUT2D eigenvalue weighted by Crippen LogP contribution is 2.14. The number of nitrogens with zero attached hydrogens (tertiary/aromatic N) is 2. The van der Waals surface area contributed by atoms with Crippen molar-refractivity contribution in [3.63, 3.8) is 0 Å². The van der Waals surface area contributed by atoms with E-state index < -0.39 is 0 Å². The lowest BCUT2D eigenvalue weighted by Gasteiger charge is -2.18. The second-order valence-electron chi connectivity index (χ2n) is 5.00. The molecule has 2 aromatic rings. The molecular weight excluding hydrogens is 238 g/mol. The molecule has 0 fully saturated rings. The molecule has 0 radical (unpaired) electrons. The van der Waals surface area contributed by atoms with Crippen LogP contribution in [0.4, 0.5) is 0 Å². The molecule has 2 rings (SSSR count). The van der Waals surface area contributed by atoms with Gasteiger partial charge in [-0.15, -0.1) is 0 Å². The van der Waals surface area contributed by atoms with Crippen LogP contribution in [0.25, 0.3) is 0 Å². The Kier molecular flexibility index (Phi) is 3.69. The van der Waals surface area contributed by atoms with Crippen LogP contribution in [-0.4, -0.2) is 28.1 Å². The van der Waals surface area contributed by atoms with Gasteiger partial charge in [-0.05, 0) is 31.9 Å². The van der Waals surface area contributed by atoms with Gasteiger partial charge in [0.25, 0.3) is 5.91 Å². The molecule has 0 atom stereocenters. The SMILES string of the molecule is Cc1ccc(CN(C)C(=O)c2cn[nH]c2C)c(C)c1. The van der Waals surface area contributed by atoms with E-state index >= 15 is 0 Å². The average molecular weight is 257 g/mol. The minimum atomic E-state index is -0.00812. The van der Waals surface area contributed by atoms with Gasteiger partial charge in [-0.25, -0.2) is 0 Å². The fourth-order valence-electron chi connectivity index (χ4n) is 2.12. The third-order valence-corrected chi connectivity index (χ3v) is 3.31. The molecule has 0 unspecified atom stereocenters. The number of carbonyl (C=O) groups excluding carboxylic acids is 1. The van der Waals surface area contributed by atoms with Gasteiger partial charge in [-0.2, -0.15) is 5.10 Å². The van der Waals surface area contributed by atoms with Crippen LogP contribution < -0.4 is 0 Å². The first-order valence-corrected chi connectivity index (χ1v) is 6.30. The summed E-state index contributed by atoms with van der Waals surface area (Å²) in [6, 6.07) is 6.29. The number of hydrogen-bond acceptors (Lipinski definition) is 2. The Balaban J connectivity index is 2.15. The van der Waals surface area contributed by atoms with Crippen LogP contribution in [0.5, 0.6) is 0 Å². The Morgan fingerprint density at radius 2 is 2.05 bits per heavy atom. The molecule has 4 nitrogen and oxygen atoms in total. The number of aryl methyl sites for hydroxylation is 3. The quantitative estimate of drug-likeness (QED) is 0.918. The highest BCUT2D eigenvalue weighted by atomic mass is 16.2. The van der Waals surface area contributed by atoms with Crippen LogP contribution in [0.3, 0.4) is 0 Å². The molecule has 1 N–H and O–H groups in total. The van der Waals surface area contributed by atoms with E-state index in [2.05, 4.69) is 42.2 Å². The van der Waals surface area contributed by atoms with Gasteiger partial charge in [0, 0.05) is 19.3 Å². The second-order valence-corrected chi connectivity index (χ2v) is 5.00. The van der Waals surface area contributed by atoms with Crippen LogP contribution in [0.1, 0.15) is 32.7 Å². The zero-order valence-electron chi connectivity index (χ0n) is 11.8. The van der Waals surface area contributed by atoms with Crippen LogP contribution in [-0.2, 0) is 6.54 Å². The number of benzene rings is 1. The summed E-state index contributed by atoms with van der Waals surface area (Å²) in [7, 11) is 1.81. The Labute approximate surface area is 113 Å². The van der Waals surface area contributed by atoms with E-state index in [1.807, 2.05) is 14.0 Å². The molecule has 0 bridgehead atoms. The molecule has 1 amide bonds. The molecule has 1 aromatic heterocycles. The van der Waals surface area contributed by atoms with Crippen molar-refractivity contribution < 1.29 is 4.79 Å². The fourth-order valence-corrected chi connectivity index (χ4v) is 2.12. The van der Waals surface area contributed by atoms with Crippen molar-refractivity contribution in [2.24, 2.45) is 0 Å². The highest BCUT2D eigenvalue weighted by Gasteiger charge is 2.16. The van der Waals surface area contributed by atoms with Crippen LogP contribution in [0.15, 0.2) is 24.4 Å². The van der Waals surface area contributed by atoms with Crippen molar-refractivity contribution in [3.05, 3.63) is 52.3 Å². The van der Waals surface area contributed by atoms with Crippen molar-refractivity contribution in [2.45, 2.75) is 27.3 Å². The molecule has 0 aliphatic rings. The standard InChI is InChI=1S/C15H19N3O/c1-10-5-6-13(11(2)7-10)9-18(4)15(19)14-8-16-17-12(14)3/h5-8H,9H2,1-4H3,(H,16,17). The van der Waals surface area contributed by atoms with Crippen molar-refractivity contribution in [1.82, 2.24) is 15.1 Å². The van der Waals surface area contributed by atoms with Gasteiger partial charge in [0.1, 0.15) is 0 Å². The molecular formula is C15H19N3O.